The minimum Gasteiger partial charge on any atom is -0.381 e. The molecule has 2 saturated carbocycles. The number of rotatable bonds is 4. The number of amides is 1. The van der Waals surface area contributed by atoms with Gasteiger partial charge in [-0.25, -0.2) is 0 Å². The lowest BCUT2D eigenvalue weighted by Gasteiger charge is -2.30. The van der Waals surface area contributed by atoms with E-state index in [9.17, 15) is 4.79 Å². The van der Waals surface area contributed by atoms with Crippen molar-refractivity contribution in [3.63, 3.8) is 0 Å². The first kappa shape index (κ1) is 15.0. The smallest absolute Gasteiger partial charge is 0.232 e. The largest absolute Gasteiger partial charge is 0.381 e. The van der Waals surface area contributed by atoms with Crippen LogP contribution in [-0.2, 0) is 14.9 Å². The van der Waals surface area contributed by atoms with Gasteiger partial charge in [-0.15, -0.1) is 11.3 Å². The van der Waals surface area contributed by atoms with Crippen LogP contribution in [0.4, 0.5) is 0 Å². The molecule has 1 atom stereocenters. The summed E-state index contributed by atoms with van der Waals surface area (Å²) in [6, 6.07) is 4.48. The number of nitrogens with one attached hydrogen (secondary N) is 1. The molecular formula is C17H25NO2S. The Kier molecular flexibility index (Phi) is 3.87. The van der Waals surface area contributed by atoms with Crippen molar-refractivity contribution in [3.05, 3.63) is 22.4 Å². The summed E-state index contributed by atoms with van der Waals surface area (Å²) >= 11 is 1.71. The van der Waals surface area contributed by atoms with Gasteiger partial charge in [0.25, 0.3) is 0 Å². The van der Waals surface area contributed by atoms with Crippen molar-refractivity contribution in [2.75, 3.05) is 7.11 Å². The van der Waals surface area contributed by atoms with Crippen molar-refractivity contribution >= 4 is 17.2 Å². The zero-order valence-electron chi connectivity index (χ0n) is 13.1. The summed E-state index contributed by atoms with van der Waals surface area (Å²) < 4.78 is 5.41. The number of ether oxygens (including phenoxy) is 1. The lowest BCUT2D eigenvalue weighted by molar-refractivity contribution is -0.125. The zero-order chi connectivity index (χ0) is 15.1. The van der Waals surface area contributed by atoms with Crippen molar-refractivity contribution in [2.45, 2.75) is 63.5 Å². The summed E-state index contributed by atoms with van der Waals surface area (Å²) in [5.41, 5.74) is -0.217. The van der Waals surface area contributed by atoms with Crippen LogP contribution >= 0.6 is 11.3 Å². The molecule has 0 bridgehead atoms. The first-order valence-corrected chi connectivity index (χ1v) is 8.75. The van der Waals surface area contributed by atoms with Crippen LogP contribution < -0.4 is 5.32 Å². The van der Waals surface area contributed by atoms with Gasteiger partial charge in [0.1, 0.15) is 0 Å². The summed E-state index contributed by atoms with van der Waals surface area (Å²) in [5, 5.41) is 5.39. The maximum absolute atomic E-state index is 12.9. The van der Waals surface area contributed by atoms with E-state index in [0.29, 0.717) is 12.1 Å². The Morgan fingerprint density at radius 1 is 1.33 bits per heavy atom. The number of carbonyl (C=O) groups is 1. The predicted molar refractivity (Wildman–Crippen MR) is 85.6 cm³/mol. The summed E-state index contributed by atoms with van der Waals surface area (Å²) in [5.74, 6) is 0.232. The number of hydrogen-bond donors (Lipinski definition) is 1. The quantitative estimate of drug-likeness (QED) is 0.924. The van der Waals surface area contributed by atoms with E-state index in [2.05, 4.69) is 30.6 Å². The molecule has 2 aliphatic rings. The Labute approximate surface area is 131 Å². The van der Waals surface area contributed by atoms with E-state index in [1.54, 1.807) is 18.4 Å². The molecule has 3 rings (SSSR count). The van der Waals surface area contributed by atoms with Crippen molar-refractivity contribution in [3.8, 4) is 0 Å². The van der Waals surface area contributed by atoms with E-state index < -0.39 is 0 Å². The SMILES string of the molecule is COC1CCC(NC(=O)C2(c3cccs3)CC2(C)C)CC1. The normalized spacial score (nSPS) is 34.4. The number of hydrogen-bond acceptors (Lipinski definition) is 3. The van der Waals surface area contributed by atoms with Gasteiger partial charge in [-0.2, -0.15) is 0 Å². The fourth-order valence-corrected chi connectivity index (χ4v) is 4.91. The summed E-state index contributed by atoms with van der Waals surface area (Å²) in [7, 11) is 1.78. The van der Waals surface area contributed by atoms with Crippen molar-refractivity contribution in [2.24, 2.45) is 5.41 Å². The van der Waals surface area contributed by atoms with Crippen molar-refractivity contribution < 1.29 is 9.53 Å². The lowest BCUT2D eigenvalue weighted by Crippen LogP contribution is -2.45. The number of methoxy groups -OCH3 is 1. The maximum Gasteiger partial charge on any atom is 0.232 e. The van der Waals surface area contributed by atoms with E-state index in [1.165, 1.54) is 4.88 Å². The topological polar surface area (TPSA) is 38.3 Å². The van der Waals surface area contributed by atoms with E-state index in [0.717, 1.165) is 32.1 Å². The molecule has 1 amide bonds. The van der Waals surface area contributed by atoms with Crippen molar-refractivity contribution in [1.29, 1.82) is 0 Å². The predicted octanol–water partition coefficient (Wildman–Crippen LogP) is 3.49. The van der Waals surface area contributed by atoms with E-state index in [1.807, 2.05) is 6.07 Å². The monoisotopic (exact) mass is 307 g/mol. The molecule has 1 aromatic rings. The second kappa shape index (κ2) is 5.40. The fraction of sp³-hybridized carbons (Fsp3) is 0.706. The molecule has 0 spiro atoms. The highest BCUT2D eigenvalue weighted by Crippen LogP contribution is 2.65. The van der Waals surface area contributed by atoms with Crippen LogP contribution in [0.1, 0.15) is 50.8 Å². The van der Waals surface area contributed by atoms with Gasteiger partial charge in [0.05, 0.1) is 11.5 Å². The van der Waals surface area contributed by atoms with Gasteiger partial charge in [0.15, 0.2) is 0 Å². The van der Waals surface area contributed by atoms with Gasteiger partial charge < -0.3 is 10.1 Å². The van der Waals surface area contributed by atoms with Crippen molar-refractivity contribution in [1.82, 2.24) is 5.32 Å². The highest BCUT2D eigenvalue weighted by atomic mass is 32.1. The second-order valence-electron chi connectivity index (χ2n) is 7.13. The average molecular weight is 307 g/mol. The lowest BCUT2D eigenvalue weighted by atomic mass is 9.89. The van der Waals surface area contributed by atoms with Gasteiger partial charge >= 0.3 is 0 Å². The van der Waals surface area contributed by atoms with Gasteiger partial charge in [-0.1, -0.05) is 19.9 Å². The molecule has 0 aromatic carbocycles. The Hall–Kier alpha value is -0.870. The van der Waals surface area contributed by atoms with E-state index >= 15 is 0 Å². The number of carbonyl (C=O) groups excluding carboxylic acids is 1. The van der Waals surface area contributed by atoms with E-state index in [4.69, 9.17) is 4.74 Å². The molecule has 116 valence electrons. The highest BCUT2D eigenvalue weighted by molar-refractivity contribution is 7.10. The third-order valence-corrected chi connectivity index (χ3v) is 6.44. The van der Waals surface area contributed by atoms with Gasteiger partial charge in [0.2, 0.25) is 5.91 Å². The summed E-state index contributed by atoms with van der Waals surface area (Å²) in [6.45, 7) is 4.41. The van der Waals surface area contributed by atoms with E-state index in [-0.39, 0.29) is 16.7 Å². The molecule has 3 nitrogen and oxygen atoms in total. The minimum absolute atomic E-state index is 0.0751. The molecule has 0 radical (unpaired) electrons. The van der Waals surface area contributed by atoms with Gasteiger partial charge in [-0.05, 0) is 49.0 Å². The van der Waals surface area contributed by atoms with Crippen LogP contribution in [0.15, 0.2) is 17.5 Å². The molecule has 1 unspecified atom stereocenters. The van der Waals surface area contributed by atoms with Crippen LogP contribution in [0.2, 0.25) is 0 Å². The Bertz CT molecular complexity index is 503. The Balaban J connectivity index is 1.68. The standard InChI is InChI=1S/C17H25NO2S/c1-16(2)11-17(16,14-5-4-10-21-14)15(19)18-12-6-8-13(20-3)9-7-12/h4-5,10,12-13H,6-9,11H2,1-3H3,(H,18,19). The average Bonchev–Trinajstić information content (AvgIpc) is 2.84. The molecular weight excluding hydrogens is 282 g/mol. The fourth-order valence-electron chi connectivity index (χ4n) is 3.81. The molecule has 2 fully saturated rings. The van der Waals surface area contributed by atoms with Crippen LogP contribution in [0.3, 0.4) is 0 Å². The third-order valence-electron chi connectivity index (χ3n) is 5.41. The van der Waals surface area contributed by atoms with Gasteiger partial charge in [0, 0.05) is 18.0 Å². The first-order chi connectivity index (χ1) is 9.99. The zero-order valence-corrected chi connectivity index (χ0v) is 14.0. The maximum atomic E-state index is 12.9. The van der Waals surface area contributed by atoms with Crippen LogP contribution in [0, 0.1) is 5.41 Å². The molecule has 1 aromatic heterocycles. The Morgan fingerprint density at radius 2 is 2.00 bits per heavy atom. The molecule has 4 heteroatoms. The highest BCUT2D eigenvalue weighted by Gasteiger charge is 2.67. The molecule has 0 saturated heterocycles. The molecule has 1 N–H and O–H groups in total. The summed E-state index contributed by atoms with van der Waals surface area (Å²) in [6.07, 6.45) is 5.51. The molecule has 0 aliphatic heterocycles. The first-order valence-electron chi connectivity index (χ1n) is 7.87. The van der Waals surface area contributed by atoms with Crippen LogP contribution in [0.5, 0.6) is 0 Å². The molecule has 1 heterocycles. The number of thiophene rings is 1. The summed E-state index contributed by atoms with van der Waals surface area (Å²) in [4.78, 5) is 14.1. The molecule has 2 aliphatic carbocycles. The minimum atomic E-state index is -0.292. The second-order valence-corrected chi connectivity index (χ2v) is 8.07. The third kappa shape index (κ3) is 2.53. The molecule has 21 heavy (non-hydrogen) atoms. The Morgan fingerprint density at radius 3 is 2.48 bits per heavy atom. The van der Waals surface area contributed by atoms with Gasteiger partial charge in [-0.3, -0.25) is 4.79 Å². The van der Waals surface area contributed by atoms with Crippen LogP contribution in [-0.4, -0.2) is 25.2 Å². The van der Waals surface area contributed by atoms with Crippen LogP contribution in [0.25, 0.3) is 0 Å².